The molecule has 1 heterocycles. The van der Waals surface area contributed by atoms with Crippen molar-refractivity contribution in [3.05, 3.63) is 35.4 Å². The Kier molecular flexibility index (Phi) is 5.71. The highest BCUT2D eigenvalue weighted by atomic mass is 32.1. The van der Waals surface area contributed by atoms with Crippen LogP contribution in [0.5, 0.6) is 0 Å². The summed E-state index contributed by atoms with van der Waals surface area (Å²) in [5.41, 5.74) is 2.68. The number of hydrogen-bond donors (Lipinski definition) is 1. The largest absolute Gasteiger partial charge is 0.151 e. The van der Waals surface area contributed by atoms with Gasteiger partial charge in [0, 0.05) is 19.5 Å². The number of thiol groups is 1. The van der Waals surface area contributed by atoms with Gasteiger partial charge in [-0.2, -0.15) is 5.06 Å². The van der Waals surface area contributed by atoms with Crippen LogP contribution in [-0.4, -0.2) is 11.6 Å². The zero-order valence-corrected chi connectivity index (χ0v) is 10.0. The van der Waals surface area contributed by atoms with Gasteiger partial charge in [-0.05, 0) is 17.5 Å². The van der Waals surface area contributed by atoms with E-state index in [2.05, 4.69) is 35.4 Å². The monoisotopic (exact) mass is 227 g/mol. The minimum Gasteiger partial charge on any atom is -0.151 e. The third-order valence-electron chi connectivity index (χ3n) is 2.23. The molecule has 15 heavy (non-hydrogen) atoms. The summed E-state index contributed by atoms with van der Waals surface area (Å²) >= 11 is 3.54. The zero-order valence-electron chi connectivity index (χ0n) is 9.14. The van der Waals surface area contributed by atoms with E-state index >= 15 is 0 Å². The van der Waals surface area contributed by atoms with Crippen LogP contribution in [0.2, 0.25) is 0 Å². The molecule has 0 amide bonds. The summed E-state index contributed by atoms with van der Waals surface area (Å²) in [6.07, 6.45) is 0.993. The van der Waals surface area contributed by atoms with Crippen molar-refractivity contribution in [2.45, 2.75) is 26.8 Å². The lowest BCUT2D eigenvalue weighted by molar-refractivity contribution is -0.364. The third kappa shape index (κ3) is 3.50. The molecule has 0 unspecified atom stereocenters. The summed E-state index contributed by atoms with van der Waals surface area (Å²) < 4.78 is 4.32. The lowest BCUT2D eigenvalue weighted by atomic mass is 10.0. The Morgan fingerprint density at radius 2 is 1.87 bits per heavy atom. The van der Waals surface area contributed by atoms with Crippen LogP contribution in [0.1, 0.15) is 25.0 Å². The molecule has 0 spiro atoms. The fourth-order valence-electron chi connectivity index (χ4n) is 1.58. The van der Waals surface area contributed by atoms with Gasteiger partial charge in [-0.15, -0.1) is 9.32 Å². The molecule has 0 aromatic heterocycles. The molecule has 3 nitrogen and oxygen atoms in total. The van der Waals surface area contributed by atoms with E-state index in [0.29, 0.717) is 0 Å². The van der Waals surface area contributed by atoms with Crippen molar-refractivity contribution in [1.29, 1.82) is 0 Å². The number of nitrogens with zero attached hydrogens (tertiary/aromatic N) is 1. The highest BCUT2D eigenvalue weighted by Gasteiger charge is 2.16. The van der Waals surface area contributed by atoms with Gasteiger partial charge in [-0.1, -0.05) is 38.1 Å². The molecule has 0 saturated heterocycles. The summed E-state index contributed by atoms with van der Waals surface area (Å²) in [7, 11) is 0. The van der Waals surface area contributed by atoms with Gasteiger partial charge in [0.2, 0.25) is 0 Å². The van der Waals surface area contributed by atoms with Crippen LogP contribution >= 0.6 is 12.9 Å². The Balaban J connectivity index is 0.000000531. The number of benzene rings is 1. The SMILES string of the molecule is CC.SOON1CCc2ccccc2C1. The molecule has 1 aliphatic heterocycles. The fourth-order valence-corrected chi connectivity index (χ4v) is 1.67. The first-order chi connectivity index (χ1) is 7.40. The molecule has 2 rings (SSSR count). The van der Waals surface area contributed by atoms with Crippen molar-refractivity contribution in [1.82, 2.24) is 5.06 Å². The van der Waals surface area contributed by atoms with E-state index in [0.717, 1.165) is 19.5 Å². The van der Waals surface area contributed by atoms with E-state index in [1.165, 1.54) is 11.1 Å². The van der Waals surface area contributed by atoms with Crippen molar-refractivity contribution < 1.29 is 9.32 Å². The second-order valence-corrected chi connectivity index (χ2v) is 3.18. The Labute approximate surface area is 96.5 Å². The predicted octanol–water partition coefficient (Wildman–Crippen LogP) is 2.78. The van der Waals surface area contributed by atoms with Gasteiger partial charge in [0.05, 0.1) is 6.54 Å². The molecule has 0 fully saturated rings. The normalized spacial score (nSPS) is 15.1. The molecule has 0 atom stereocenters. The number of hydrogen-bond acceptors (Lipinski definition) is 4. The van der Waals surface area contributed by atoms with E-state index in [1.807, 2.05) is 19.9 Å². The van der Waals surface area contributed by atoms with Crippen molar-refractivity contribution in [3.63, 3.8) is 0 Å². The van der Waals surface area contributed by atoms with Crippen molar-refractivity contribution in [3.8, 4) is 0 Å². The standard InChI is InChI=1S/C9H11NO2S.C2H6/c13-12-11-10-6-5-8-3-1-2-4-9(8)7-10;1-2/h1-4,13H,5-7H2;1-2H3. The average Bonchev–Trinajstić information content (AvgIpc) is 2.32. The van der Waals surface area contributed by atoms with Crippen LogP contribution in [0.25, 0.3) is 0 Å². The van der Waals surface area contributed by atoms with Crippen LogP contribution in [0.4, 0.5) is 0 Å². The Bertz CT molecular complexity index is 294. The van der Waals surface area contributed by atoms with E-state index in [1.54, 1.807) is 5.06 Å². The lowest BCUT2D eigenvalue weighted by Gasteiger charge is -2.25. The van der Waals surface area contributed by atoms with Crippen molar-refractivity contribution in [2.24, 2.45) is 0 Å². The minimum absolute atomic E-state index is 0.761. The van der Waals surface area contributed by atoms with Crippen LogP contribution in [0, 0.1) is 0 Å². The van der Waals surface area contributed by atoms with Gasteiger partial charge in [-0.25, -0.2) is 0 Å². The maximum Gasteiger partial charge on any atom is 0.0524 e. The fraction of sp³-hybridized carbons (Fsp3) is 0.455. The smallest absolute Gasteiger partial charge is 0.0524 e. The highest BCUT2D eigenvalue weighted by Crippen LogP contribution is 2.18. The Hall–Kier alpha value is -0.550. The quantitative estimate of drug-likeness (QED) is 0.363. The Morgan fingerprint density at radius 3 is 2.53 bits per heavy atom. The van der Waals surface area contributed by atoms with Gasteiger partial charge in [0.15, 0.2) is 0 Å². The summed E-state index contributed by atoms with van der Waals surface area (Å²) in [6, 6.07) is 8.34. The van der Waals surface area contributed by atoms with Gasteiger partial charge < -0.3 is 0 Å². The van der Waals surface area contributed by atoms with Crippen LogP contribution in [0.15, 0.2) is 24.3 Å². The zero-order chi connectivity index (χ0) is 11.1. The van der Waals surface area contributed by atoms with Gasteiger partial charge in [-0.3, -0.25) is 0 Å². The first-order valence-electron chi connectivity index (χ1n) is 5.20. The van der Waals surface area contributed by atoms with E-state index in [-0.39, 0.29) is 0 Å². The van der Waals surface area contributed by atoms with Crippen LogP contribution in [-0.2, 0) is 22.3 Å². The predicted molar refractivity (Wildman–Crippen MR) is 63.1 cm³/mol. The summed E-state index contributed by atoms with van der Waals surface area (Å²) in [4.78, 5) is 4.84. The van der Waals surface area contributed by atoms with Gasteiger partial charge in [0.25, 0.3) is 0 Å². The van der Waals surface area contributed by atoms with Gasteiger partial charge in [0.1, 0.15) is 0 Å². The second-order valence-electron chi connectivity index (χ2n) is 3.03. The number of hydroxylamine groups is 2. The molecule has 1 aromatic carbocycles. The number of fused-ring (bicyclic) bond motifs is 1. The molecule has 0 bridgehead atoms. The molecule has 1 aliphatic rings. The topological polar surface area (TPSA) is 21.7 Å². The molecular formula is C11H17NO2S. The first-order valence-corrected chi connectivity index (χ1v) is 5.56. The van der Waals surface area contributed by atoms with Crippen molar-refractivity contribution in [2.75, 3.05) is 6.54 Å². The number of rotatable bonds is 2. The van der Waals surface area contributed by atoms with E-state index < -0.39 is 0 Å². The van der Waals surface area contributed by atoms with E-state index in [4.69, 9.17) is 4.99 Å². The lowest BCUT2D eigenvalue weighted by Crippen LogP contribution is -2.29. The third-order valence-corrected chi connectivity index (χ3v) is 2.30. The summed E-state index contributed by atoms with van der Waals surface area (Å²) in [5.74, 6) is 0. The molecule has 1 aromatic rings. The molecule has 0 saturated carbocycles. The van der Waals surface area contributed by atoms with Crippen LogP contribution in [0.3, 0.4) is 0 Å². The van der Waals surface area contributed by atoms with Gasteiger partial charge >= 0.3 is 0 Å². The maximum atomic E-state index is 4.84. The molecular weight excluding hydrogens is 210 g/mol. The molecule has 4 heteroatoms. The molecule has 84 valence electrons. The summed E-state index contributed by atoms with van der Waals surface area (Å²) in [5, 5.41) is 1.75. The maximum absolute atomic E-state index is 4.84. The molecule has 0 N–H and O–H groups in total. The Morgan fingerprint density at radius 1 is 1.20 bits per heavy atom. The molecule has 0 radical (unpaired) electrons. The van der Waals surface area contributed by atoms with E-state index in [9.17, 15) is 0 Å². The average molecular weight is 227 g/mol. The first kappa shape index (κ1) is 12.5. The minimum atomic E-state index is 0.761. The highest BCUT2D eigenvalue weighted by molar-refractivity contribution is 7.74. The second kappa shape index (κ2) is 6.85. The summed E-state index contributed by atoms with van der Waals surface area (Å²) in [6.45, 7) is 5.61. The van der Waals surface area contributed by atoms with Crippen molar-refractivity contribution >= 4 is 12.9 Å². The van der Waals surface area contributed by atoms with Crippen LogP contribution < -0.4 is 0 Å². The molecule has 0 aliphatic carbocycles.